The van der Waals surface area contributed by atoms with Gasteiger partial charge in [0, 0.05) is 0 Å². The van der Waals surface area contributed by atoms with Crippen molar-refractivity contribution in [3.8, 4) is 0 Å². The molecule has 2 rings (SSSR count). The summed E-state index contributed by atoms with van der Waals surface area (Å²) in [5.74, 6) is 0. The van der Waals surface area contributed by atoms with Gasteiger partial charge in [0.05, 0.1) is 6.57 Å². The Kier molecular flexibility index (Phi) is 1.90. The molecule has 0 spiro atoms. The standard InChI is InChI=1S/C12H11N/c1-9(13-2)11-8-7-10-5-3-4-6-12(10)11/h3-6H,7-8H2,1H3/b11-9-. The molecule has 0 aromatic heterocycles. The first-order valence-corrected chi connectivity index (χ1v) is 4.48. The highest BCUT2D eigenvalue weighted by Crippen LogP contribution is 2.34. The molecule has 0 fully saturated rings. The molecule has 0 unspecified atom stereocenters. The van der Waals surface area contributed by atoms with Crippen molar-refractivity contribution in [3.05, 3.63) is 52.5 Å². The molecule has 0 heterocycles. The van der Waals surface area contributed by atoms with Crippen LogP contribution in [-0.4, -0.2) is 0 Å². The van der Waals surface area contributed by atoms with E-state index in [1.165, 1.54) is 16.7 Å². The molecule has 0 bridgehead atoms. The highest BCUT2D eigenvalue weighted by molar-refractivity contribution is 5.75. The Labute approximate surface area is 78.5 Å². The number of hydrogen-bond donors (Lipinski definition) is 0. The Bertz CT molecular complexity index is 407. The smallest absolute Gasteiger partial charge is 0.166 e. The first-order chi connectivity index (χ1) is 6.33. The van der Waals surface area contributed by atoms with Gasteiger partial charge in [-0.25, -0.2) is 4.85 Å². The Morgan fingerprint density at radius 3 is 2.85 bits per heavy atom. The van der Waals surface area contributed by atoms with Crippen molar-refractivity contribution < 1.29 is 0 Å². The second-order valence-electron chi connectivity index (χ2n) is 3.33. The van der Waals surface area contributed by atoms with Gasteiger partial charge >= 0.3 is 0 Å². The predicted octanol–water partition coefficient (Wildman–Crippen LogP) is 3.28. The minimum absolute atomic E-state index is 0.852. The van der Waals surface area contributed by atoms with Crippen LogP contribution in [0, 0.1) is 6.57 Å². The summed E-state index contributed by atoms with van der Waals surface area (Å²) < 4.78 is 0. The summed E-state index contributed by atoms with van der Waals surface area (Å²) >= 11 is 0. The lowest BCUT2D eigenvalue weighted by Crippen LogP contribution is -1.80. The van der Waals surface area contributed by atoms with E-state index in [9.17, 15) is 0 Å². The van der Waals surface area contributed by atoms with Crippen LogP contribution in [0.2, 0.25) is 0 Å². The lowest BCUT2D eigenvalue weighted by atomic mass is 10.1. The molecular weight excluding hydrogens is 158 g/mol. The molecule has 1 heteroatoms. The second-order valence-corrected chi connectivity index (χ2v) is 3.33. The van der Waals surface area contributed by atoms with Crippen molar-refractivity contribution in [2.24, 2.45) is 0 Å². The summed E-state index contributed by atoms with van der Waals surface area (Å²) in [5.41, 5.74) is 4.77. The van der Waals surface area contributed by atoms with Crippen LogP contribution in [0.1, 0.15) is 24.5 Å². The van der Waals surface area contributed by atoms with Crippen molar-refractivity contribution in [1.82, 2.24) is 0 Å². The summed E-state index contributed by atoms with van der Waals surface area (Å²) in [6.07, 6.45) is 2.13. The van der Waals surface area contributed by atoms with E-state index < -0.39 is 0 Å². The number of aryl methyl sites for hydroxylation is 1. The average Bonchev–Trinajstić information content (AvgIpc) is 2.60. The maximum atomic E-state index is 6.98. The van der Waals surface area contributed by atoms with Crippen LogP contribution in [0.3, 0.4) is 0 Å². The molecular formula is C12H11N. The molecule has 0 aliphatic heterocycles. The van der Waals surface area contributed by atoms with Gasteiger partial charge in [-0.2, -0.15) is 0 Å². The van der Waals surface area contributed by atoms with E-state index in [1.807, 2.05) is 13.0 Å². The maximum absolute atomic E-state index is 6.98. The van der Waals surface area contributed by atoms with Gasteiger partial charge in [0.15, 0.2) is 5.70 Å². The average molecular weight is 169 g/mol. The molecule has 64 valence electrons. The predicted molar refractivity (Wildman–Crippen MR) is 54.0 cm³/mol. The van der Waals surface area contributed by atoms with Crippen molar-refractivity contribution in [2.75, 3.05) is 0 Å². The van der Waals surface area contributed by atoms with Gasteiger partial charge in [-0.15, -0.1) is 0 Å². The van der Waals surface area contributed by atoms with Crippen molar-refractivity contribution >= 4 is 5.57 Å². The van der Waals surface area contributed by atoms with E-state index in [0.29, 0.717) is 0 Å². The zero-order valence-corrected chi connectivity index (χ0v) is 7.67. The molecule has 1 aliphatic rings. The first kappa shape index (κ1) is 8.07. The number of benzene rings is 1. The van der Waals surface area contributed by atoms with E-state index >= 15 is 0 Å². The zero-order valence-electron chi connectivity index (χ0n) is 7.67. The molecule has 1 aliphatic carbocycles. The van der Waals surface area contributed by atoms with Gasteiger partial charge in [-0.05, 0) is 36.5 Å². The van der Waals surface area contributed by atoms with Gasteiger partial charge in [0.2, 0.25) is 0 Å². The lowest BCUT2D eigenvalue weighted by molar-refractivity contribution is 1.08. The largest absolute Gasteiger partial charge is 0.243 e. The molecule has 0 radical (unpaired) electrons. The fourth-order valence-electron chi connectivity index (χ4n) is 1.87. The number of rotatable bonds is 0. The Hall–Kier alpha value is -1.55. The molecule has 1 aromatic rings. The summed E-state index contributed by atoms with van der Waals surface area (Å²) in [6, 6.07) is 8.38. The molecule has 0 amide bonds. The third-order valence-corrected chi connectivity index (χ3v) is 2.59. The van der Waals surface area contributed by atoms with Gasteiger partial charge < -0.3 is 0 Å². The minimum atomic E-state index is 0.852. The number of allylic oxidation sites excluding steroid dienone is 2. The van der Waals surface area contributed by atoms with Crippen molar-refractivity contribution in [3.63, 3.8) is 0 Å². The molecule has 0 saturated heterocycles. The van der Waals surface area contributed by atoms with Crippen LogP contribution >= 0.6 is 0 Å². The third kappa shape index (κ3) is 1.25. The van der Waals surface area contributed by atoms with Crippen LogP contribution in [0.4, 0.5) is 0 Å². The SMILES string of the molecule is [C-]#[N+]/C(C)=C1/CCc2ccccc21. The molecule has 13 heavy (non-hydrogen) atoms. The Morgan fingerprint density at radius 2 is 2.08 bits per heavy atom. The maximum Gasteiger partial charge on any atom is 0.166 e. The van der Waals surface area contributed by atoms with Crippen LogP contribution in [0.5, 0.6) is 0 Å². The van der Waals surface area contributed by atoms with Gasteiger partial charge in [-0.1, -0.05) is 24.3 Å². The third-order valence-electron chi connectivity index (χ3n) is 2.59. The van der Waals surface area contributed by atoms with Gasteiger partial charge in [-0.3, -0.25) is 0 Å². The van der Waals surface area contributed by atoms with Crippen molar-refractivity contribution in [1.29, 1.82) is 0 Å². The normalized spacial score (nSPS) is 17.8. The topological polar surface area (TPSA) is 4.36 Å². The van der Waals surface area contributed by atoms with E-state index in [2.05, 4.69) is 23.0 Å². The van der Waals surface area contributed by atoms with Crippen LogP contribution in [0.25, 0.3) is 10.4 Å². The van der Waals surface area contributed by atoms with E-state index in [1.54, 1.807) is 0 Å². The molecule has 0 N–H and O–H groups in total. The molecule has 0 atom stereocenters. The lowest BCUT2D eigenvalue weighted by Gasteiger charge is -2.00. The summed E-state index contributed by atoms with van der Waals surface area (Å²) in [5, 5.41) is 0. The number of nitrogens with zero attached hydrogens (tertiary/aromatic N) is 1. The summed E-state index contributed by atoms with van der Waals surface area (Å²) in [4.78, 5) is 3.50. The molecule has 0 saturated carbocycles. The molecule has 1 aromatic carbocycles. The first-order valence-electron chi connectivity index (χ1n) is 4.48. The summed E-state index contributed by atoms with van der Waals surface area (Å²) in [6.45, 7) is 8.89. The van der Waals surface area contributed by atoms with Gasteiger partial charge in [0.1, 0.15) is 0 Å². The fourth-order valence-corrected chi connectivity index (χ4v) is 1.87. The minimum Gasteiger partial charge on any atom is -0.243 e. The van der Waals surface area contributed by atoms with Gasteiger partial charge in [0.25, 0.3) is 0 Å². The number of fused-ring (bicyclic) bond motifs is 1. The highest BCUT2D eigenvalue weighted by atomic mass is 14.6. The van der Waals surface area contributed by atoms with Crippen LogP contribution in [0.15, 0.2) is 30.0 Å². The van der Waals surface area contributed by atoms with Crippen LogP contribution in [-0.2, 0) is 6.42 Å². The van der Waals surface area contributed by atoms with E-state index in [0.717, 1.165) is 18.5 Å². The Balaban J connectivity index is 2.58. The summed E-state index contributed by atoms with van der Waals surface area (Å²) in [7, 11) is 0. The van der Waals surface area contributed by atoms with Crippen LogP contribution < -0.4 is 0 Å². The quantitative estimate of drug-likeness (QED) is 0.525. The molecule has 1 nitrogen and oxygen atoms in total. The Morgan fingerprint density at radius 1 is 1.31 bits per heavy atom. The second kappa shape index (κ2) is 3.06. The monoisotopic (exact) mass is 169 g/mol. The highest BCUT2D eigenvalue weighted by Gasteiger charge is 2.16. The fraction of sp³-hybridized carbons (Fsp3) is 0.250. The van der Waals surface area contributed by atoms with Crippen molar-refractivity contribution in [2.45, 2.75) is 19.8 Å². The van der Waals surface area contributed by atoms with E-state index in [4.69, 9.17) is 6.57 Å². The van der Waals surface area contributed by atoms with E-state index in [-0.39, 0.29) is 0 Å². The zero-order chi connectivity index (χ0) is 9.26. The number of hydrogen-bond acceptors (Lipinski definition) is 0.